The van der Waals surface area contributed by atoms with Crippen molar-refractivity contribution in [3.05, 3.63) is 34.3 Å². The minimum Gasteiger partial charge on any atom is -0.444 e. The lowest BCUT2D eigenvalue weighted by atomic mass is 10.0. The molecule has 1 heterocycles. The van der Waals surface area contributed by atoms with Gasteiger partial charge in [-0.3, -0.25) is 4.90 Å². The van der Waals surface area contributed by atoms with Crippen molar-refractivity contribution in [1.29, 1.82) is 0 Å². The van der Waals surface area contributed by atoms with Gasteiger partial charge >= 0.3 is 6.09 Å². The molecule has 4 nitrogen and oxygen atoms in total. The fraction of sp³-hybridized carbons (Fsp3) is 0.562. The Labute approximate surface area is 135 Å². The van der Waals surface area contributed by atoms with Crippen LogP contribution in [-0.2, 0) is 4.74 Å². The van der Waals surface area contributed by atoms with Crippen molar-refractivity contribution in [3.63, 3.8) is 0 Å². The highest BCUT2D eigenvalue weighted by Gasteiger charge is 2.33. The standard InChI is InChI=1S/C16H23BrN2O2/c1-11-10-19(15(20)21-16(2,3)4)14(9-18-11)12-5-7-13(17)8-6-12/h5-8,11,14,18H,9-10H2,1-4H3/t11-,14-/m1/s1. The van der Waals surface area contributed by atoms with Gasteiger partial charge in [-0.05, 0) is 45.4 Å². The summed E-state index contributed by atoms with van der Waals surface area (Å²) in [5.74, 6) is 0. The number of halogens is 1. The summed E-state index contributed by atoms with van der Waals surface area (Å²) in [7, 11) is 0. The molecule has 1 aliphatic rings. The van der Waals surface area contributed by atoms with E-state index in [9.17, 15) is 4.79 Å². The van der Waals surface area contributed by atoms with Crippen LogP contribution >= 0.6 is 15.9 Å². The van der Waals surface area contributed by atoms with Gasteiger partial charge in [-0.2, -0.15) is 0 Å². The number of nitrogens with one attached hydrogen (secondary N) is 1. The van der Waals surface area contributed by atoms with Crippen LogP contribution in [-0.4, -0.2) is 35.7 Å². The number of ether oxygens (including phenoxy) is 1. The third kappa shape index (κ3) is 4.45. The van der Waals surface area contributed by atoms with E-state index in [0.717, 1.165) is 16.6 Å². The highest BCUT2D eigenvalue weighted by molar-refractivity contribution is 9.10. The first-order chi connectivity index (χ1) is 9.76. The van der Waals surface area contributed by atoms with Crippen molar-refractivity contribution in [2.45, 2.75) is 45.4 Å². The van der Waals surface area contributed by atoms with Crippen LogP contribution in [0.1, 0.15) is 39.3 Å². The van der Waals surface area contributed by atoms with Crippen molar-refractivity contribution in [3.8, 4) is 0 Å². The summed E-state index contributed by atoms with van der Waals surface area (Å²) in [6.45, 7) is 9.15. The molecule has 0 saturated carbocycles. The smallest absolute Gasteiger partial charge is 0.410 e. The predicted octanol–water partition coefficient (Wildman–Crippen LogP) is 3.72. The summed E-state index contributed by atoms with van der Waals surface area (Å²) in [5, 5.41) is 3.43. The third-order valence-electron chi connectivity index (χ3n) is 3.39. The number of benzene rings is 1. The van der Waals surface area contributed by atoms with E-state index < -0.39 is 5.60 Å². The average molecular weight is 355 g/mol. The second kappa shape index (κ2) is 6.36. The summed E-state index contributed by atoms with van der Waals surface area (Å²) in [4.78, 5) is 14.3. The van der Waals surface area contributed by atoms with Crippen LogP contribution in [0.5, 0.6) is 0 Å². The SMILES string of the molecule is C[C@@H]1CN(C(=O)OC(C)(C)C)[C@@H](c2ccc(Br)cc2)CN1. The number of carbonyl (C=O) groups excluding carboxylic acids is 1. The third-order valence-corrected chi connectivity index (χ3v) is 3.92. The van der Waals surface area contributed by atoms with E-state index in [1.54, 1.807) is 0 Å². The molecule has 0 aromatic heterocycles. The van der Waals surface area contributed by atoms with Crippen molar-refractivity contribution in [2.75, 3.05) is 13.1 Å². The molecule has 1 aromatic carbocycles. The lowest BCUT2D eigenvalue weighted by Crippen LogP contribution is -2.54. The normalized spacial score (nSPS) is 23.0. The minimum atomic E-state index is -0.477. The van der Waals surface area contributed by atoms with Crippen LogP contribution in [0.2, 0.25) is 0 Å². The summed E-state index contributed by atoms with van der Waals surface area (Å²) < 4.78 is 6.59. The second-order valence-corrected chi connectivity index (χ2v) is 7.43. The van der Waals surface area contributed by atoms with Crippen LogP contribution in [0.3, 0.4) is 0 Å². The largest absolute Gasteiger partial charge is 0.444 e. The first-order valence-corrected chi connectivity index (χ1v) is 8.04. The molecule has 0 radical (unpaired) electrons. The first kappa shape index (κ1) is 16.3. The number of carbonyl (C=O) groups is 1. The molecule has 1 saturated heterocycles. The Morgan fingerprint density at radius 1 is 1.33 bits per heavy atom. The van der Waals surface area contributed by atoms with E-state index in [2.05, 4.69) is 28.2 Å². The highest BCUT2D eigenvalue weighted by atomic mass is 79.9. The summed E-state index contributed by atoms with van der Waals surface area (Å²) in [6, 6.07) is 8.36. The topological polar surface area (TPSA) is 41.6 Å². The lowest BCUT2D eigenvalue weighted by Gasteiger charge is -2.40. The number of amides is 1. The van der Waals surface area contributed by atoms with E-state index in [4.69, 9.17) is 4.74 Å². The molecule has 2 rings (SSSR count). The van der Waals surface area contributed by atoms with Crippen molar-refractivity contribution in [2.24, 2.45) is 0 Å². The van der Waals surface area contributed by atoms with Gasteiger partial charge in [-0.15, -0.1) is 0 Å². The molecular formula is C16H23BrN2O2. The fourth-order valence-corrected chi connectivity index (χ4v) is 2.68. The van der Waals surface area contributed by atoms with Gasteiger partial charge in [-0.25, -0.2) is 4.79 Å². The van der Waals surface area contributed by atoms with Gasteiger partial charge in [0.2, 0.25) is 0 Å². The van der Waals surface area contributed by atoms with Crippen LogP contribution in [0, 0.1) is 0 Å². The summed E-state index contributed by atoms with van der Waals surface area (Å²) in [5.41, 5.74) is 0.638. The number of piperazine rings is 1. The molecule has 116 valence electrons. The molecule has 5 heteroatoms. The maximum atomic E-state index is 12.5. The Hall–Kier alpha value is -1.07. The maximum absolute atomic E-state index is 12.5. The Morgan fingerprint density at radius 3 is 2.52 bits per heavy atom. The summed E-state index contributed by atoms with van der Waals surface area (Å²) >= 11 is 3.44. The van der Waals surface area contributed by atoms with E-state index in [1.807, 2.05) is 49.9 Å². The molecule has 2 atom stereocenters. The van der Waals surface area contributed by atoms with Crippen molar-refractivity contribution >= 4 is 22.0 Å². The first-order valence-electron chi connectivity index (χ1n) is 7.25. The molecule has 0 unspecified atom stereocenters. The quantitative estimate of drug-likeness (QED) is 0.835. The number of hydrogen-bond acceptors (Lipinski definition) is 3. The van der Waals surface area contributed by atoms with E-state index in [1.165, 1.54) is 0 Å². The van der Waals surface area contributed by atoms with Gasteiger partial charge in [0, 0.05) is 23.6 Å². The zero-order valence-electron chi connectivity index (χ0n) is 13.0. The van der Waals surface area contributed by atoms with Gasteiger partial charge in [0.1, 0.15) is 5.60 Å². The van der Waals surface area contributed by atoms with Crippen molar-refractivity contribution in [1.82, 2.24) is 10.2 Å². The van der Waals surface area contributed by atoms with Gasteiger partial charge in [0.05, 0.1) is 6.04 Å². The number of hydrogen-bond donors (Lipinski definition) is 1. The van der Waals surface area contributed by atoms with Crippen LogP contribution < -0.4 is 5.32 Å². The molecule has 1 fully saturated rings. The molecule has 0 bridgehead atoms. The Bertz CT molecular complexity index is 496. The van der Waals surface area contributed by atoms with E-state index in [0.29, 0.717) is 6.54 Å². The van der Waals surface area contributed by atoms with Crippen molar-refractivity contribution < 1.29 is 9.53 Å². The average Bonchev–Trinajstić information content (AvgIpc) is 2.38. The molecule has 1 N–H and O–H groups in total. The molecule has 0 aliphatic carbocycles. The number of rotatable bonds is 1. The maximum Gasteiger partial charge on any atom is 0.410 e. The number of nitrogens with zero attached hydrogens (tertiary/aromatic N) is 1. The van der Waals surface area contributed by atoms with E-state index in [-0.39, 0.29) is 18.2 Å². The van der Waals surface area contributed by atoms with E-state index >= 15 is 0 Å². The molecular weight excluding hydrogens is 332 g/mol. The molecule has 1 aliphatic heterocycles. The summed E-state index contributed by atoms with van der Waals surface area (Å²) in [6.07, 6.45) is -0.247. The molecule has 1 amide bonds. The van der Waals surface area contributed by atoms with Gasteiger partial charge in [-0.1, -0.05) is 28.1 Å². The highest BCUT2D eigenvalue weighted by Crippen LogP contribution is 2.26. The van der Waals surface area contributed by atoms with Crippen LogP contribution in [0.15, 0.2) is 28.7 Å². The monoisotopic (exact) mass is 354 g/mol. The minimum absolute atomic E-state index is 0.00384. The Kier molecular flexibility index (Phi) is 4.94. The van der Waals surface area contributed by atoms with Gasteiger partial charge in [0.25, 0.3) is 0 Å². The van der Waals surface area contributed by atoms with Gasteiger partial charge in [0.15, 0.2) is 0 Å². The molecule has 21 heavy (non-hydrogen) atoms. The zero-order chi connectivity index (χ0) is 15.6. The Morgan fingerprint density at radius 2 is 1.95 bits per heavy atom. The van der Waals surface area contributed by atoms with Crippen LogP contribution in [0.4, 0.5) is 4.79 Å². The zero-order valence-corrected chi connectivity index (χ0v) is 14.6. The lowest BCUT2D eigenvalue weighted by molar-refractivity contribution is 0.00787. The van der Waals surface area contributed by atoms with Crippen LogP contribution in [0.25, 0.3) is 0 Å². The molecule has 1 aromatic rings. The Balaban J connectivity index is 2.21. The fourth-order valence-electron chi connectivity index (χ4n) is 2.41. The predicted molar refractivity (Wildman–Crippen MR) is 87.3 cm³/mol. The van der Waals surface area contributed by atoms with Gasteiger partial charge < -0.3 is 10.1 Å². The second-order valence-electron chi connectivity index (χ2n) is 6.51. The molecule has 0 spiro atoms.